The number of aryl methyl sites for hydroxylation is 1. The van der Waals surface area contributed by atoms with Crippen molar-refractivity contribution in [2.45, 2.75) is 31.9 Å². The minimum Gasteiger partial charge on any atom is -0.370 e. The summed E-state index contributed by atoms with van der Waals surface area (Å²) in [6.45, 7) is -0.685. The molecule has 144 valence electrons. The van der Waals surface area contributed by atoms with Crippen molar-refractivity contribution < 1.29 is 13.2 Å². The highest BCUT2D eigenvalue weighted by Crippen LogP contribution is 2.18. The average molecular weight is 407 g/mol. The summed E-state index contributed by atoms with van der Waals surface area (Å²) < 4.78 is 36.2. The summed E-state index contributed by atoms with van der Waals surface area (Å²) in [7, 11) is 0. The van der Waals surface area contributed by atoms with Gasteiger partial charge in [0.15, 0.2) is 22.5 Å². The lowest BCUT2D eigenvalue weighted by molar-refractivity contribution is -0.118. The number of nitrogens with one attached hydrogen (secondary N) is 2. The number of thioether (sulfide) groups is 1. The monoisotopic (exact) mass is 407 g/mol. The van der Waals surface area contributed by atoms with Gasteiger partial charge >= 0.3 is 6.18 Å². The summed E-state index contributed by atoms with van der Waals surface area (Å²) in [5.74, 6) is -0.309. The lowest BCUT2D eigenvalue weighted by Gasteiger charge is -2.04. The number of anilines is 1. The number of alkyl halides is 3. The van der Waals surface area contributed by atoms with Crippen molar-refractivity contribution >= 4 is 39.4 Å². The largest absolute Gasteiger partial charge is 0.408 e. The van der Waals surface area contributed by atoms with Gasteiger partial charge < -0.3 is 11.1 Å². The maximum atomic E-state index is 12.1. The van der Waals surface area contributed by atoms with Crippen LogP contribution in [0.1, 0.15) is 25.0 Å². The number of aromatic nitrogens is 1. The van der Waals surface area contributed by atoms with Crippen LogP contribution in [-0.4, -0.2) is 41.6 Å². The Balaban J connectivity index is 2.29. The van der Waals surface area contributed by atoms with Crippen molar-refractivity contribution in [2.75, 3.05) is 24.7 Å². The lowest BCUT2D eigenvalue weighted by Crippen LogP contribution is -2.25. The van der Waals surface area contributed by atoms with Crippen LogP contribution in [0.15, 0.2) is 15.4 Å². The minimum atomic E-state index is -4.38. The van der Waals surface area contributed by atoms with Crippen LogP contribution >= 0.6 is 23.1 Å². The van der Waals surface area contributed by atoms with E-state index in [1.54, 1.807) is 0 Å². The number of hydrogen-bond donors (Lipinski definition) is 3. The predicted molar refractivity (Wildman–Crippen MR) is 100 cm³/mol. The van der Waals surface area contributed by atoms with Crippen molar-refractivity contribution in [1.29, 1.82) is 5.26 Å². The fourth-order valence-corrected chi connectivity index (χ4v) is 2.90. The molecule has 12 heteroatoms. The van der Waals surface area contributed by atoms with Gasteiger partial charge in [-0.05, 0) is 25.5 Å². The standard InChI is InChI=1S/C14H20F3N7S2/c1-25-12(22-9-18)20-6-4-2-3-5-10-7-26-13(23-10)24-11(19)21-8-14(15,16)17/h7H,2-6,8H2,1H3,(H,20,22)(H3,19,21,23,24). The Kier molecular flexibility index (Phi) is 9.82. The highest BCUT2D eigenvalue weighted by atomic mass is 32.2. The van der Waals surface area contributed by atoms with Crippen molar-refractivity contribution in [1.82, 2.24) is 10.3 Å². The van der Waals surface area contributed by atoms with Gasteiger partial charge in [0.2, 0.25) is 0 Å². The molecule has 0 spiro atoms. The summed E-state index contributed by atoms with van der Waals surface area (Å²) in [5, 5.41) is 16.4. The maximum absolute atomic E-state index is 12.1. The molecule has 1 heterocycles. The number of nitriles is 1. The second-order valence-electron chi connectivity index (χ2n) is 5.02. The minimum absolute atomic E-state index is 0.309. The van der Waals surface area contributed by atoms with Gasteiger partial charge in [-0.25, -0.2) is 9.98 Å². The Hall–Kier alpha value is -2.00. The Morgan fingerprint density at radius 1 is 1.38 bits per heavy atom. The Morgan fingerprint density at radius 3 is 2.81 bits per heavy atom. The van der Waals surface area contributed by atoms with Gasteiger partial charge in [-0.3, -0.25) is 10.3 Å². The Morgan fingerprint density at radius 2 is 2.15 bits per heavy atom. The first-order chi connectivity index (χ1) is 12.3. The molecule has 7 nitrogen and oxygen atoms in total. The van der Waals surface area contributed by atoms with E-state index < -0.39 is 12.7 Å². The van der Waals surface area contributed by atoms with Gasteiger partial charge in [-0.1, -0.05) is 18.2 Å². The molecule has 4 N–H and O–H groups in total. The molecule has 1 rings (SSSR count). The fourth-order valence-electron chi connectivity index (χ4n) is 1.78. The second kappa shape index (κ2) is 11.6. The van der Waals surface area contributed by atoms with Crippen LogP contribution in [0.5, 0.6) is 0 Å². The molecule has 0 bridgehead atoms. The molecule has 0 aliphatic heterocycles. The highest BCUT2D eigenvalue weighted by molar-refractivity contribution is 8.13. The second-order valence-corrected chi connectivity index (χ2v) is 6.68. The molecular weight excluding hydrogens is 387 g/mol. The van der Waals surface area contributed by atoms with E-state index in [2.05, 4.69) is 25.6 Å². The van der Waals surface area contributed by atoms with E-state index in [4.69, 9.17) is 11.0 Å². The molecule has 0 saturated heterocycles. The smallest absolute Gasteiger partial charge is 0.370 e. The number of guanidine groups is 1. The third-order valence-corrected chi connectivity index (χ3v) is 4.34. The molecular formula is C14H20F3N7S2. The van der Waals surface area contributed by atoms with Gasteiger partial charge in [0.05, 0.1) is 5.69 Å². The summed E-state index contributed by atoms with van der Waals surface area (Å²) in [6, 6.07) is 0. The molecule has 1 aromatic rings. The summed E-state index contributed by atoms with van der Waals surface area (Å²) >= 11 is 2.65. The van der Waals surface area contributed by atoms with Crippen molar-refractivity contribution in [2.24, 2.45) is 15.7 Å². The van der Waals surface area contributed by atoms with E-state index in [-0.39, 0.29) is 5.96 Å². The van der Waals surface area contributed by atoms with E-state index >= 15 is 0 Å². The van der Waals surface area contributed by atoms with Gasteiger partial charge in [-0.2, -0.15) is 18.4 Å². The van der Waals surface area contributed by atoms with Crippen LogP contribution in [0, 0.1) is 11.5 Å². The third-order valence-electron chi connectivity index (χ3n) is 2.92. The number of halogens is 3. The molecule has 0 unspecified atom stereocenters. The molecule has 0 aromatic carbocycles. The van der Waals surface area contributed by atoms with E-state index in [9.17, 15) is 13.2 Å². The summed E-state index contributed by atoms with van der Waals surface area (Å²) in [6.07, 6.45) is 2.81. The topological polar surface area (TPSA) is 111 Å². The number of rotatable bonds is 8. The zero-order valence-electron chi connectivity index (χ0n) is 14.1. The van der Waals surface area contributed by atoms with Crippen LogP contribution in [0.4, 0.5) is 18.3 Å². The van der Waals surface area contributed by atoms with Gasteiger partial charge in [-0.15, -0.1) is 11.3 Å². The van der Waals surface area contributed by atoms with E-state index in [0.29, 0.717) is 16.8 Å². The number of hydrogen-bond acceptors (Lipinski definition) is 6. The SMILES string of the molecule is CSC(=NCCCCCc1csc(NC(N)=NCC(F)(F)F)n1)NC#N. The van der Waals surface area contributed by atoms with Crippen LogP contribution < -0.4 is 16.4 Å². The van der Waals surface area contributed by atoms with E-state index in [1.807, 2.05) is 17.8 Å². The Labute approximate surface area is 158 Å². The lowest BCUT2D eigenvalue weighted by atomic mass is 10.1. The first-order valence-electron chi connectivity index (χ1n) is 7.65. The molecule has 26 heavy (non-hydrogen) atoms. The molecule has 0 amide bonds. The number of unbranched alkanes of at least 4 members (excludes halogenated alkanes) is 2. The molecule has 0 saturated carbocycles. The summed E-state index contributed by atoms with van der Waals surface area (Å²) in [4.78, 5) is 11.7. The predicted octanol–water partition coefficient (Wildman–Crippen LogP) is 2.93. The molecule has 0 radical (unpaired) electrons. The molecule has 0 aliphatic carbocycles. The number of nitrogens with two attached hydrogens (primary N) is 1. The van der Waals surface area contributed by atoms with Gasteiger partial charge in [0, 0.05) is 11.9 Å². The molecule has 0 fully saturated rings. The van der Waals surface area contributed by atoms with Crippen LogP contribution in [0.2, 0.25) is 0 Å². The third kappa shape index (κ3) is 10.1. The number of amidine groups is 1. The maximum Gasteiger partial charge on any atom is 0.408 e. The Bertz CT molecular complexity index is 650. The molecule has 0 atom stereocenters. The van der Waals surface area contributed by atoms with Crippen molar-refractivity contribution in [3.05, 3.63) is 11.1 Å². The highest BCUT2D eigenvalue weighted by Gasteiger charge is 2.26. The van der Waals surface area contributed by atoms with Crippen LogP contribution in [-0.2, 0) is 6.42 Å². The molecule has 1 aromatic heterocycles. The number of thiazole rings is 1. The first-order valence-corrected chi connectivity index (χ1v) is 9.76. The van der Waals surface area contributed by atoms with E-state index in [1.165, 1.54) is 23.1 Å². The summed E-state index contributed by atoms with van der Waals surface area (Å²) in [5.41, 5.74) is 6.25. The fraction of sp³-hybridized carbons (Fsp3) is 0.571. The zero-order valence-corrected chi connectivity index (χ0v) is 15.8. The first kappa shape index (κ1) is 22.0. The van der Waals surface area contributed by atoms with E-state index in [0.717, 1.165) is 31.4 Å². The number of aliphatic imine (C=N–C) groups is 2. The quantitative estimate of drug-likeness (QED) is 0.201. The number of nitrogens with zero attached hydrogens (tertiary/aromatic N) is 4. The van der Waals surface area contributed by atoms with Crippen molar-refractivity contribution in [3.8, 4) is 6.19 Å². The van der Waals surface area contributed by atoms with Crippen LogP contribution in [0.25, 0.3) is 0 Å². The normalized spacial score (nSPS) is 12.7. The van der Waals surface area contributed by atoms with Crippen LogP contribution in [0.3, 0.4) is 0 Å². The van der Waals surface area contributed by atoms with Gasteiger partial charge in [0.25, 0.3) is 0 Å². The van der Waals surface area contributed by atoms with Crippen molar-refractivity contribution in [3.63, 3.8) is 0 Å². The zero-order chi connectivity index (χ0) is 19.4. The average Bonchev–Trinajstić information content (AvgIpc) is 3.01. The van der Waals surface area contributed by atoms with Gasteiger partial charge in [0.1, 0.15) is 6.54 Å². The molecule has 0 aliphatic rings.